The number of fused-ring (bicyclic) bond motifs is 9. The smallest absolute Gasteiger partial charge is 0.0547 e. The Balaban J connectivity index is 1.21. The summed E-state index contributed by atoms with van der Waals surface area (Å²) < 4.78 is 5.14. The van der Waals surface area contributed by atoms with Gasteiger partial charge in [-0.25, -0.2) is 0 Å². The van der Waals surface area contributed by atoms with E-state index in [0.29, 0.717) is 0 Å². The van der Waals surface area contributed by atoms with Crippen molar-refractivity contribution >= 4 is 53.3 Å². The second-order valence-corrected chi connectivity index (χ2v) is 12.0. The van der Waals surface area contributed by atoms with E-state index in [9.17, 15) is 0 Å². The lowest BCUT2D eigenvalue weighted by Crippen LogP contribution is -2.04. The Morgan fingerprint density at radius 1 is 0.450 bits per heavy atom. The highest BCUT2D eigenvalue weighted by Crippen LogP contribution is 2.41. The number of benzene rings is 6. The second-order valence-electron chi connectivity index (χ2n) is 10.9. The number of aryl methyl sites for hydroxylation is 2. The van der Waals surface area contributed by atoms with Gasteiger partial charge in [0.15, 0.2) is 0 Å². The third-order valence-corrected chi connectivity index (χ3v) is 9.86. The second kappa shape index (κ2) is 8.42. The van der Waals surface area contributed by atoms with Gasteiger partial charge in [0.1, 0.15) is 0 Å². The van der Waals surface area contributed by atoms with Crippen LogP contribution in [0.1, 0.15) is 11.1 Å². The van der Waals surface area contributed by atoms with E-state index in [1.165, 1.54) is 81.0 Å². The Morgan fingerprint density at radius 3 is 2.10 bits per heavy atom. The molecule has 1 aliphatic carbocycles. The molecule has 9 rings (SSSR count). The quantitative estimate of drug-likeness (QED) is 0.211. The van der Waals surface area contributed by atoms with Crippen LogP contribution in [0.2, 0.25) is 0 Å². The van der Waals surface area contributed by atoms with Crippen molar-refractivity contribution in [2.45, 2.75) is 12.8 Å². The number of hydrogen-bond acceptors (Lipinski definition) is 1. The van der Waals surface area contributed by atoms with Crippen LogP contribution in [0, 0.1) is 0 Å². The highest BCUT2D eigenvalue weighted by Gasteiger charge is 2.20. The van der Waals surface area contributed by atoms with E-state index < -0.39 is 0 Å². The molecule has 0 saturated carbocycles. The van der Waals surface area contributed by atoms with Crippen LogP contribution in [-0.2, 0) is 12.8 Å². The van der Waals surface area contributed by atoms with E-state index in [4.69, 9.17) is 0 Å². The third-order valence-electron chi connectivity index (χ3n) is 8.70. The fraction of sp³-hybridized carbons (Fsp3) is 0.0526. The topological polar surface area (TPSA) is 4.93 Å². The largest absolute Gasteiger partial charge is 0.309 e. The van der Waals surface area contributed by atoms with Crippen molar-refractivity contribution in [1.29, 1.82) is 0 Å². The molecule has 8 aromatic rings. The van der Waals surface area contributed by atoms with E-state index in [0.717, 1.165) is 12.8 Å². The molecule has 0 saturated heterocycles. The zero-order valence-electron chi connectivity index (χ0n) is 21.9. The van der Waals surface area contributed by atoms with Crippen LogP contribution in [0.25, 0.3) is 69.9 Å². The van der Waals surface area contributed by atoms with Crippen molar-refractivity contribution in [3.8, 4) is 27.9 Å². The van der Waals surface area contributed by atoms with Crippen LogP contribution >= 0.6 is 11.3 Å². The fourth-order valence-electron chi connectivity index (χ4n) is 6.77. The number of para-hydroxylation sites is 1. The molecule has 0 amide bonds. The lowest BCUT2D eigenvalue weighted by atomic mass is 9.85. The highest BCUT2D eigenvalue weighted by molar-refractivity contribution is 7.25. The maximum Gasteiger partial charge on any atom is 0.0547 e. The van der Waals surface area contributed by atoms with Gasteiger partial charge in [0.05, 0.1) is 11.0 Å². The Kier molecular flexibility index (Phi) is 4.67. The lowest BCUT2D eigenvalue weighted by Gasteiger charge is -2.20. The predicted molar refractivity (Wildman–Crippen MR) is 172 cm³/mol. The maximum absolute atomic E-state index is 2.45. The molecule has 0 bridgehead atoms. The zero-order valence-corrected chi connectivity index (χ0v) is 22.7. The van der Waals surface area contributed by atoms with Crippen LogP contribution in [0.5, 0.6) is 0 Å². The average molecular weight is 528 g/mol. The van der Waals surface area contributed by atoms with E-state index in [-0.39, 0.29) is 0 Å². The Hall–Kier alpha value is -4.66. The molecule has 0 N–H and O–H groups in total. The van der Waals surface area contributed by atoms with Crippen molar-refractivity contribution in [2.24, 2.45) is 0 Å². The van der Waals surface area contributed by atoms with E-state index in [1.807, 2.05) is 11.3 Å². The number of nitrogens with zero attached hydrogens (tertiary/aromatic N) is 1. The van der Waals surface area contributed by atoms with Crippen LogP contribution in [0.4, 0.5) is 0 Å². The molecular weight excluding hydrogens is 502 g/mol. The molecule has 188 valence electrons. The normalized spacial score (nSPS) is 12.8. The van der Waals surface area contributed by atoms with Crippen molar-refractivity contribution in [2.75, 3.05) is 0 Å². The molecule has 0 fully saturated rings. The first-order valence-corrected chi connectivity index (χ1v) is 14.8. The Labute approximate surface area is 236 Å². The average Bonchev–Trinajstić information content (AvgIpc) is 3.55. The number of thiophene rings is 1. The molecule has 0 spiro atoms. The highest BCUT2D eigenvalue weighted by atomic mass is 32.1. The van der Waals surface area contributed by atoms with Gasteiger partial charge in [0.25, 0.3) is 0 Å². The van der Waals surface area contributed by atoms with Gasteiger partial charge in [-0.3, -0.25) is 0 Å². The van der Waals surface area contributed by atoms with Gasteiger partial charge >= 0.3 is 0 Å². The summed E-state index contributed by atoms with van der Waals surface area (Å²) in [6, 6.07) is 47.4. The SMILES string of the molecule is c1ccc2c(c1)CCc1cc3c4ccccc4n(-c4ccc(-c5ccc6sc7ccccc7c6c5)cc4)c3cc1-2. The van der Waals surface area contributed by atoms with Gasteiger partial charge in [0, 0.05) is 36.6 Å². The van der Waals surface area contributed by atoms with Gasteiger partial charge in [-0.1, -0.05) is 78.9 Å². The van der Waals surface area contributed by atoms with Gasteiger partial charge in [0.2, 0.25) is 0 Å². The molecule has 1 aliphatic rings. The molecule has 2 aromatic heterocycles. The van der Waals surface area contributed by atoms with Gasteiger partial charge < -0.3 is 4.57 Å². The summed E-state index contributed by atoms with van der Waals surface area (Å²) in [6.07, 6.45) is 2.21. The van der Waals surface area contributed by atoms with Crippen LogP contribution in [-0.4, -0.2) is 4.57 Å². The minimum Gasteiger partial charge on any atom is -0.309 e. The summed E-state index contributed by atoms with van der Waals surface area (Å²) >= 11 is 1.87. The van der Waals surface area contributed by atoms with Gasteiger partial charge in [-0.15, -0.1) is 11.3 Å². The first-order valence-electron chi connectivity index (χ1n) is 14.0. The molecule has 2 heterocycles. The maximum atomic E-state index is 2.45. The van der Waals surface area contributed by atoms with E-state index >= 15 is 0 Å². The Morgan fingerprint density at radius 2 is 1.18 bits per heavy atom. The minimum absolute atomic E-state index is 1.10. The fourth-order valence-corrected chi connectivity index (χ4v) is 7.86. The van der Waals surface area contributed by atoms with Crippen molar-refractivity contribution in [3.63, 3.8) is 0 Å². The van der Waals surface area contributed by atoms with Crippen LogP contribution in [0.15, 0.2) is 127 Å². The van der Waals surface area contributed by atoms with Crippen molar-refractivity contribution in [3.05, 3.63) is 139 Å². The summed E-state index contributed by atoms with van der Waals surface area (Å²) in [5.41, 5.74) is 11.9. The van der Waals surface area contributed by atoms with Crippen molar-refractivity contribution in [1.82, 2.24) is 4.57 Å². The molecule has 6 aromatic carbocycles. The molecule has 0 radical (unpaired) electrons. The molecule has 0 atom stereocenters. The number of hydrogen-bond donors (Lipinski definition) is 0. The standard InChI is InChI=1S/C38H25NS/c1-2-8-29-25(7-1)13-14-27-22-33-30-9-3-5-11-35(30)39(36(33)23-32(27)29)28-18-15-24(16-19-28)26-17-20-38-34(21-26)31-10-4-6-12-37(31)40-38/h1-12,15-23H,13-14H2. The molecule has 40 heavy (non-hydrogen) atoms. The summed E-state index contributed by atoms with van der Waals surface area (Å²) in [5, 5.41) is 5.34. The number of aromatic nitrogens is 1. The molecular formula is C38H25NS. The van der Waals surface area contributed by atoms with Crippen LogP contribution in [0.3, 0.4) is 0 Å². The van der Waals surface area contributed by atoms with E-state index in [1.54, 1.807) is 0 Å². The molecule has 2 heteroatoms. The molecule has 1 nitrogen and oxygen atoms in total. The molecule has 0 unspecified atom stereocenters. The summed E-state index contributed by atoms with van der Waals surface area (Å²) in [4.78, 5) is 0. The Bertz CT molecular complexity index is 2260. The predicted octanol–water partition coefficient (Wildman–Crippen LogP) is 10.6. The number of rotatable bonds is 2. The third kappa shape index (κ3) is 3.20. The summed E-state index contributed by atoms with van der Waals surface area (Å²) in [7, 11) is 0. The first kappa shape index (κ1) is 22.2. The van der Waals surface area contributed by atoms with Crippen LogP contribution < -0.4 is 0 Å². The monoisotopic (exact) mass is 527 g/mol. The zero-order chi connectivity index (χ0) is 26.2. The molecule has 0 aliphatic heterocycles. The first-order chi connectivity index (χ1) is 19.8. The summed E-state index contributed by atoms with van der Waals surface area (Å²) in [5.74, 6) is 0. The lowest BCUT2D eigenvalue weighted by molar-refractivity contribution is 0.944. The van der Waals surface area contributed by atoms with E-state index in [2.05, 4.69) is 132 Å². The van der Waals surface area contributed by atoms with Crippen molar-refractivity contribution < 1.29 is 0 Å². The van der Waals surface area contributed by atoms with Gasteiger partial charge in [-0.2, -0.15) is 0 Å². The summed E-state index contributed by atoms with van der Waals surface area (Å²) in [6.45, 7) is 0. The van der Waals surface area contributed by atoms with Gasteiger partial charge in [-0.05, 0) is 94.8 Å². The minimum atomic E-state index is 1.10.